The molecule has 1 fully saturated rings. The zero-order valence-electron chi connectivity index (χ0n) is 12.2. The van der Waals surface area contributed by atoms with Crippen LogP contribution < -0.4 is 0 Å². The van der Waals surface area contributed by atoms with Crippen molar-refractivity contribution < 1.29 is 13.2 Å². The fourth-order valence-corrected chi connectivity index (χ4v) is 2.77. The molecule has 0 N–H and O–H groups in total. The molecule has 2 rings (SSSR count). The van der Waals surface area contributed by atoms with E-state index in [1.165, 1.54) is 6.07 Å². The molecule has 0 atom stereocenters. The molecule has 1 aliphatic rings. The minimum atomic E-state index is -4.28. The second-order valence-corrected chi connectivity index (χ2v) is 6.48. The minimum Gasteiger partial charge on any atom is -0.298 e. The Labute approximate surface area is 118 Å². The molecule has 4 heteroatoms. The molecule has 1 saturated heterocycles. The smallest absolute Gasteiger partial charge is 0.298 e. The van der Waals surface area contributed by atoms with E-state index in [4.69, 9.17) is 0 Å². The zero-order valence-corrected chi connectivity index (χ0v) is 12.2. The number of halogens is 3. The molecule has 1 radical (unpaired) electrons. The third-order valence-electron chi connectivity index (χ3n) is 4.05. The van der Waals surface area contributed by atoms with Crippen LogP contribution in [-0.2, 0) is 6.18 Å². The summed E-state index contributed by atoms with van der Waals surface area (Å²) in [5.74, 6) is 0.215. The number of hydrogen-bond donors (Lipinski definition) is 0. The van der Waals surface area contributed by atoms with Crippen LogP contribution in [0.2, 0.25) is 0 Å². The van der Waals surface area contributed by atoms with Gasteiger partial charge in [0.05, 0.1) is 5.56 Å². The number of hydrogen-bond acceptors (Lipinski definition) is 1. The van der Waals surface area contributed by atoms with Crippen LogP contribution >= 0.6 is 0 Å². The number of benzene rings is 1. The van der Waals surface area contributed by atoms with Crippen LogP contribution in [0.5, 0.6) is 0 Å². The third-order valence-corrected chi connectivity index (χ3v) is 4.05. The van der Waals surface area contributed by atoms with Gasteiger partial charge in [0, 0.05) is 5.54 Å². The Morgan fingerprint density at radius 2 is 1.70 bits per heavy atom. The van der Waals surface area contributed by atoms with Gasteiger partial charge in [-0.1, -0.05) is 6.07 Å². The summed E-state index contributed by atoms with van der Waals surface area (Å²) in [6.45, 7) is 8.39. The summed E-state index contributed by atoms with van der Waals surface area (Å²) in [6, 6.07) is 6.65. The summed E-state index contributed by atoms with van der Waals surface area (Å²) in [7, 11) is 0. The highest BCUT2D eigenvalue weighted by atomic mass is 19.4. The molecule has 0 bridgehead atoms. The maximum atomic E-state index is 12.7. The number of piperidine rings is 1. The van der Waals surface area contributed by atoms with Gasteiger partial charge in [0.25, 0.3) is 0 Å². The summed E-state index contributed by atoms with van der Waals surface area (Å²) < 4.78 is 38.2. The van der Waals surface area contributed by atoms with Gasteiger partial charge in [0.15, 0.2) is 0 Å². The SMILES string of the molecule is CC(C)(C)N1CCC(c2c[c]cc(C(F)(F)F)c2)CC1. The molecule has 0 unspecified atom stereocenters. The average Bonchev–Trinajstić information content (AvgIpc) is 2.37. The van der Waals surface area contributed by atoms with Gasteiger partial charge >= 0.3 is 6.18 Å². The molecule has 111 valence electrons. The van der Waals surface area contributed by atoms with Gasteiger partial charge in [0.1, 0.15) is 0 Å². The number of rotatable bonds is 1. The fraction of sp³-hybridized carbons (Fsp3) is 0.625. The molecular weight excluding hydrogens is 263 g/mol. The van der Waals surface area contributed by atoms with Crippen molar-refractivity contribution in [2.75, 3.05) is 13.1 Å². The minimum absolute atomic E-state index is 0.130. The van der Waals surface area contributed by atoms with E-state index in [0.29, 0.717) is 0 Å². The quantitative estimate of drug-likeness (QED) is 0.734. The topological polar surface area (TPSA) is 3.24 Å². The summed E-state index contributed by atoms with van der Waals surface area (Å²) in [5, 5.41) is 0. The molecule has 0 aromatic heterocycles. The van der Waals surface area contributed by atoms with Crippen LogP contribution in [0.15, 0.2) is 18.2 Å². The first-order chi connectivity index (χ1) is 9.18. The van der Waals surface area contributed by atoms with Crippen LogP contribution in [0.4, 0.5) is 13.2 Å². The van der Waals surface area contributed by atoms with Gasteiger partial charge in [-0.3, -0.25) is 4.90 Å². The van der Waals surface area contributed by atoms with Crippen LogP contribution in [0.3, 0.4) is 0 Å². The molecule has 1 nitrogen and oxygen atoms in total. The molecule has 20 heavy (non-hydrogen) atoms. The Morgan fingerprint density at radius 1 is 1.10 bits per heavy atom. The lowest BCUT2D eigenvalue weighted by molar-refractivity contribution is -0.137. The largest absolute Gasteiger partial charge is 0.416 e. The third kappa shape index (κ3) is 3.54. The van der Waals surface area contributed by atoms with Gasteiger partial charge in [-0.2, -0.15) is 13.2 Å². The first-order valence-electron chi connectivity index (χ1n) is 7.01. The van der Waals surface area contributed by atoms with E-state index in [2.05, 4.69) is 31.7 Å². The summed E-state index contributed by atoms with van der Waals surface area (Å²) >= 11 is 0. The van der Waals surface area contributed by atoms with E-state index in [0.717, 1.165) is 37.6 Å². The van der Waals surface area contributed by atoms with Crippen molar-refractivity contribution >= 4 is 0 Å². The maximum Gasteiger partial charge on any atom is 0.416 e. The van der Waals surface area contributed by atoms with Crippen LogP contribution in [0, 0.1) is 6.07 Å². The van der Waals surface area contributed by atoms with Crippen molar-refractivity contribution in [2.45, 2.75) is 51.2 Å². The van der Waals surface area contributed by atoms with E-state index in [1.807, 2.05) is 0 Å². The van der Waals surface area contributed by atoms with Crippen molar-refractivity contribution in [3.8, 4) is 0 Å². The maximum absolute atomic E-state index is 12.7. The average molecular weight is 284 g/mol. The highest BCUT2D eigenvalue weighted by molar-refractivity contribution is 5.28. The molecule has 1 aliphatic heterocycles. The predicted molar refractivity (Wildman–Crippen MR) is 73.6 cm³/mol. The molecular formula is C16H21F3N. The van der Waals surface area contributed by atoms with E-state index in [9.17, 15) is 13.2 Å². The molecule has 0 saturated carbocycles. The first kappa shape index (κ1) is 15.4. The van der Waals surface area contributed by atoms with E-state index in [1.54, 1.807) is 6.07 Å². The van der Waals surface area contributed by atoms with Crippen molar-refractivity contribution in [3.05, 3.63) is 35.4 Å². The van der Waals surface area contributed by atoms with E-state index >= 15 is 0 Å². The van der Waals surface area contributed by atoms with Crippen LogP contribution in [0.1, 0.15) is 50.7 Å². The Morgan fingerprint density at radius 3 is 2.20 bits per heavy atom. The predicted octanol–water partition coefficient (Wildman–Crippen LogP) is 4.48. The molecule has 1 aromatic carbocycles. The summed E-state index contributed by atoms with van der Waals surface area (Å²) in [6.07, 6.45) is -2.46. The lowest BCUT2D eigenvalue weighted by Gasteiger charge is -2.41. The zero-order chi connectivity index (χ0) is 15.0. The molecule has 1 aromatic rings. The molecule has 0 aliphatic carbocycles. The Kier molecular flexibility index (Phi) is 4.14. The van der Waals surface area contributed by atoms with Crippen molar-refractivity contribution in [3.63, 3.8) is 0 Å². The Hall–Kier alpha value is -1.03. The fourth-order valence-electron chi connectivity index (χ4n) is 2.77. The first-order valence-corrected chi connectivity index (χ1v) is 7.01. The number of nitrogens with zero attached hydrogens (tertiary/aromatic N) is 1. The van der Waals surface area contributed by atoms with Gasteiger partial charge in [-0.25, -0.2) is 0 Å². The standard InChI is InChI=1S/C16H21F3N/c1-15(2,3)20-9-7-12(8-10-20)13-5-4-6-14(11-13)16(17,18)19/h5-6,11-12H,7-10H2,1-3H3. The van der Waals surface area contributed by atoms with Gasteiger partial charge in [-0.15, -0.1) is 0 Å². The van der Waals surface area contributed by atoms with Gasteiger partial charge in [-0.05, 0) is 76.4 Å². The molecule has 0 amide bonds. The molecule has 0 spiro atoms. The van der Waals surface area contributed by atoms with Crippen LogP contribution in [0.25, 0.3) is 0 Å². The van der Waals surface area contributed by atoms with Crippen LogP contribution in [-0.4, -0.2) is 23.5 Å². The lowest BCUT2D eigenvalue weighted by atomic mass is 9.87. The number of likely N-dealkylation sites (tertiary alicyclic amines) is 1. The monoisotopic (exact) mass is 284 g/mol. The number of alkyl halides is 3. The van der Waals surface area contributed by atoms with Crippen molar-refractivity contribution in [1.29, 1.82) is 0 Å². The van der Waals surface area contributed by atoms with E-state index < -0.39 is 11.7 Å². The summed E-state index contributed by atoms with van der Waals surface area (Å²) in [4.78, 5) is 2.39. The van der Waals surface area contributed by atoms with Gasteiger partial charge in [0.2, 0.25) is 0 Å². The Balaban J connectivity index is 2.08. The van der Waals surface area contributed by atoms with Crippen molar-refractivity contribution in [1.82, 2.24) is 4.90 Å². The molecule has 1 heterocycles. The second-order valence-electron chi connectivity index (χ2n) is 6.48. The second kappa shape index (κ2) is 5.40. The highest BCUT2D eigenvalue weighted by Crippen LogP contribution is 2.35. The van der Waals surface area contributed by atoms with Gasteiger partial charge < -0.3 is 0 Å². The van der Waals surface area contributed by atoms with Crippen molar-refractivity contribution in [2.24, 2.45) is 0 Å². The van der Waals surface area contributed by atoms with E-state index in [-0.39, 0.29) is 11.5 Å². The normalized spacial score (nSPS) is 19.3. The lowest BCUT2D eigenvalue weighted by Crippen LogP contribution is -2.45. The Bertz CT molecular complexity index is 452. The highest BCUT2D eigenvalue weighted by Gasteiger charge is 2.32. The summed E-state index contributed by atoms with van der Waals surface area (Å²) in [5.41, 5.74) is 0.312.